The number of rotatable bonds is 6. The van der Waals surface area contributed by atoms with E-state index in [2.05, 4.69) is 43.5 Å². The summed E-state index contributed by atoms with van der Waals surface area (Å²) >= 11 is 0. The molecule has 1 fully saturated rings. The minimum Gasteiger partial charge on any atom is -0.495 e. The molecule has 3 rings (SSSR count). The average Bonchev–Trinajstić information content (AvgIpc) is 3.43. The van der Waals surface area contributed by atoms with Gasteiger partial charge in [0.2, 0.25) is 5.91 Å². The molecule has 2 aromatic rings. The highest BCUT2D eigenvalue weighted by Crippen LogP contribution is 2.34. The quantitative estimate of drug-likeness (QED) is 0.809. The molecule has 1 saturated carbocycles. The number of benzene rings is 2. The molecule has 1 aliphatic rings. The van der Waals surface area contributed by atoms with Crippen LogP contribution in [0.3, 0.4) is 0 Å². The van der Waals surface area contributed by atoms with E-state index in [0.29, 0.717) is 6.04 Å². The molecule has 0 spiro atoms. The molecule has 4 heteroatoms. The van der Waals surface area contributed by atoms with Crippen molar-refractivity contribution in [2.45, 2.75) is 51.1 Å². The third-order valence-corrected chi connectivity index (χ3v) is 4.68. The largest absolute Gasteiger partial charge is 0.495 e. The van der Waals surface area contributed by atoms with Crippen LogP contribution in [-0.2, 0) is 10.2 Å². The van der Waals surface area contributed by atoms with Crippen molar-refractivity contribution in [3.63, 3.8) is 0 Å². The minimum atomic E-state index is -0.457. The molecule has 1 aliphatic carbocycles. The van der Waals surface area contributed by atoms with Crippen LogP contribution in [0, 0.1) is 0 Å². The van der Waals surface area contributed by atoms with Crippen molar-refractivity contribution in [3.05, 3.63) is 59.7 Å². The maximum atomic E-state index is 12.9. The van der Waals surface area contributed by atoms with Crippen LogP contribution in [0.25, 0.3) is 0 Å². The highest BCUT2D eigenvalue weighted by Gasteiger charge is 2.29. The van der Waals surface area contributed by atoms with Gasteiger partial charge in [-0.2, -0.15) is 0 Å². The van der Waals surface area contributed by atoms with E-state index in [1.807, 2.05) is 36.4 Å². The van der Waals surface area contributed by atoms with Crippen molar-refractivity contribution >= 4 is 11.6 Å². The molecular formula is C22H28N2O2. The van der Waals surface area contributed by atoms with Crippen molar-refractivity contribution in [2.24, 2.45) is 0 Å². The highest BCUT2D eigenvalue weighted by molar-refractivity contribution is 5.87. The second-order valence-corrected chi connectivity index (χ2v) is 7.94. The Morgan fingerprint density at radius 3 is 2.38 bits per heavy atom. The Morgan fingerprint density at radius 1 is 1.12 bits per heavy atom. The van der Waals surface area contributed by atoms with E-state index in [4.69, 9.17) is 4.74 Å². The van der Waals surface area contributed by atoms with Crippen molar-refractivity contribution in [2.75, 3.05) is 12.4 Å². The highest BCUT2D eigenvalue weighted by atomic mass is 16.5. The molecule has 1 atom stereocenters. The maximum absolute atomic E-state index is 12.9. The molecule has 0 unspecified atom stereocenters. The second kappa shape index (κ2) is 7.40. The molecule has 0 aliphatic heterocycles. The number of carbonyl (C=O) groups is 1. The Labute approximate surface area is 156 Å². The van der Waals surface area contributed by atoms with Crippen LogP contribution < -0.4 is 15.4 Å². The fourth-order valence-corrected chi connectivity index (χ4v) is 2.90. The van der Waals surface area contributed by atoms with E-state index in [9.17, 15) is 4.79 Å². The number of nitrogens with one attached hydrogen (secondary N) is 2. The molecular weight excluding hydrogens is 324 g/mol. The number of hydrogen-bond acceptors (Lipinski definition) is 3. The molecule has 4 nitrogen and oxygen atoms in total. The van der Waals surface area contributed by atoms with Crippen LogP contribution in [0.2, 0.25) is 0 Å². The summed E-state index contributed by atoms with van der Waals surface area (Å²) in [6.45, 7) is 6.52. The van der Waals surface area contributed by atoms with Crippen molar-refractivity contribution < 1.29 is 9.53 Å². The van der Waals surface area contributed by atoms with Gasteiger partial charge >= 0.3 is 0 Å². The average molecular weight is 352 g/mol. The minimum absolute atomic E-state index is 0.00177. The Kier molecular flexibility index (Phi) is 5.21. The predicted octanol–water partition coefficient (Wildman–Crippen LogP) is 4.42. The smallest absolute Gasteiger partial charge is 0.247 e. The summed E-state index contributed by atoms with van der Waals surface area (Å²) in [6, 6.07) is 15.8. The zero-order valence-electron chi connectivity index (χ0n) is 16.0. The zero-order valence-corrected chi connectivity index (χ0v) is 16.0. The number of hydrogen-bond donors (Lipinski definition) is 2. The summed E-state index contributed by atoms with van der Waals surface area (Å²) in [5, 5.41) is 6.54. The lowest BCUT2D eigenvalue weighted by Crippen LogP contribution is -2.35. The van der Waals surface area contributed by atoms with Crippen LogP contribution in [0.5, 0.6) is 5.75 Å². The predicted molar refractivity (Wildman–Crippen MR) is 106 cm³/mol. The van der Waals surface area contributed by atoms with Gasteiger partial charge in [0.15, 0.2) is 0 Å². The molecule has 0 heterocycles. The summed E-state index contributed by atoms with van der Waals surface area (Å²) < 4.78 is 5.53. The monoisotopic (exact) mass is 352 g/mol. The van der Waals surface area contributed by atoms with Gasteiger partial charge in [-0.15, -0.1) is 0 Å². The SMILES string of the molecule is COc1ccc(C(C)(C)C)cc1N[C@@H](C(=O)NC1CC1)c1ccccc1. The first-order valence-electron chi connectivity index (χ1n) is 9.19. The summed E-state index contributed by atoms with van der Waals surface area (Å²) in [4.78, 5) is 12.9. The van der Waals surface area contributed by atoms with Gasteiger partial charge in [-0.3, -0.25) is 4.79 Å². The standard InChI is InChI=1S/C22H28N2O2/c1-22(2,3)16-10-13-19(26-4)18(14-16)24-20(15-8-6-5-7-9-15)21(25)23-17-11-12-17/h5-10,13-14,17,20,24H,11-12H2,1-4H3,(H,23,25)/t20-/m1/s1. The van der Waals surface area contributed by atoms with Crippen LogP contribution >= 0.6 is 0 Å². The van der Waals surface area contributed by atoms with Crippen molar-refractivity contribution in [1.82, 2.24) is 5.32 Å². The summed E-state index contributed by atoms with van der Waals surface area (Å²) in [5.74, 6) is 0.736. The van der Waals surface area contributed by atoms with Crippen LogP contribution in [0.1, 0.15) is 50.8 Å². The Bertz CT molecular complexity index is 761. The van der Waals surface area contributed by atoms with Gasteiger partial charge in [-0.25, -0.2) is 0 Å². The number of carbonyl (C=O) groups excluding carboxylic acids is 1. The molecule has 1 amide bonds. The molecule has 26 heavy (non-hydrogen) atoms. The van der Waals surface area contributed by atoms with E-state index < -0.39 is 6.04 Å². The lowest BCUT2D eigenvalue weighted by atomic mass is 9.86. The normalized spacial score (nSPS) is 15.2. The number of methoxy groups -OCH3 is 1. The van der Waals surface area contributed by atoms with Gasteiger partial charge in [-0.05, 0) is 41.5 Å². The fraction of sp³-hybridized carbons (Fsp3) is 0.409. The van der Waals surface area contributed by atoms with Gasteiger partial charge in [0.1, 0.15) is 11.8 Å². The molecule has 0 bridgehead atoms. The first-order valence-corrected chi connectivity index (χ1v) is 9.19. The molecule has 2 N–H and O–H groups in total. The fourth-order valence-electron chi connectivity index (χ4n) is 2.90. The van der Waals surface area contributed by atoms with Gasteiger partial charge in [0.25, 0.3) is 0 Å². The van der Waals surface area contributed by atoms with E-state index in [-0.39, 0.29) is 11.3 Å². The third-order valence-electron chi connectivity index (χ3n) is 4.68. The van der Waals surface area contributed by atoms with E-state index in [1.165, 1.54) is 5.56 Å². The van der Waals surface area contributed by atoms with Gasteiger partial charge in [-0.1, -0.05) is 57.2 Å². The zero-order chi connectivity index (χ0) is 18.7. The second-order valence-electron chi connectivity index (χ2n) is 7.94. The summed E-state index contributed by atoms with van der Waals surface area (Å²) in [7, 11) is 1.65. The maximum Gasteiger partial charge on any atom is 0.247 e. The molecule has 0 aromatic heterocycles. The molecule has 0 radical (unpaired) electrons. The lowest BCUT2D eigenvalue weighted by molar-refractivity contribution is -0.122. The van der Waals surface area contributed by atoms with Crippen LogP contribution in [0.15, 0.2) is 48.5 Å². The van der Waals surface area contributed by atoms with Crippen LogP contribution in [-0.4, -0.2) is 19.1 Å². The van der Waals surface area contributed by atoms with Crippen LogP contribution in [0.4, 0.5) is 5.69 Å². The number of anilines is 1. The van der Waals surface area contributed by atoms with E-state index in [0.717, 1.165) is 29.8 Å². The lowest BCUT2D eigenvalue weighted by Gasteiger charge is -2.24. The summed E-state index contributed by atoms with van der Waals surface area (Å²) in [5.41, 5.74) is 2.98. The molecule has 0 saturated heterocycles. The van der Waals surface area contributed by atoms with E-state index >= 15 is 0 Å². The Balaban J connectivity index is 1.94. The number of amides is 1. The van der Waals surface area contributed by atoms with Crippen molar-refractivity contribution in [1.29, 1.82) is 0 Å². The van der Waals surface area contributed by atoms with Crippen molar-refractivity contribution in [3.8, 4) is 5.75 Å². The molecule has 2 aromatic carbocycles. The van der Waals surface area contributed by atoms with Gasteiger partial charge in [0, 0.05) is 6.04 Å². The van der Waals surface area contributed by atoms with E-state index in [1.54, 1.807) is 7.11 Å². The Morgan fingerprint density at radius 2 is 1.81 bits per heavy atom. The van der Waals surface area contributed by atoms with Gasteiger partial charge < -0.3 is 15.4 Å². The third kappa shape index (κ3) is 4.37. The Hall–Kier alpha value is -2.49. The number of ether oxygens (including phenoxy) is 1. The summed E-state index contributed by atoms with van der Waals surface area (Å²) in [6.07, 6.45) is 2.13. The molecule has 138 valence electrons. The topological polar surface area (TPSA) is 50.4 Å². The van der Waals surface area contributed by atoms with Gasteiger partial charge in [0.05, 0.1) is 12.8 Å². The first-order chi connectivity index (χ1) is 12.4. The first kappa shape index (κ1) is 18.3.